The van der Waals surface area contributed by atoms with Gasteiger partial charge in [-0.05, 0) is 56.4 Å². The van der Waals surface area contributed by atoms with Crippen molar-refractivity contribution in [1.82, 2.24) is 23.9 Å². The smallest absolute Gasteiger partial charge is 0.341 e. The Bertz CT molecular complexity index is 1640. The molecule has 2 fully saturated rings. The topological polar surface area (TPSA) is 140 Å². The second kappa shape index (κ2) is 10.9. The summed E-state index contributed by atoms with van der Waals surface area (Å²) in [6.07, 6.45) is 9.28. The van der Waals surface area contributed by atoms with E-state index in [1.54, 1.807) is 37.5 Å². The molecule has 4 aromatic rings. The summed E-state index contributed by atoms with van der Waals surface area (Å²) >= 11 is 1.08. The summed E-state index contributed by atoms with van der Waals surface area (Å²) in [7, 11) is 0. The van der Waals surface area contributed by atoms with Crippen molar-refractivity contribution in [3.8, 4) is 16.5 Å². The summed E-state index contributed by atoms with van der Waals surface area (Å²) in [5.41, 5.74) is 0.687. The Hall–Kier alpha value is -4.03. The Labute approximate surface area is 233 Å². The van der Waals surface area contributed by atoms with Crippen LogP contribution in [0.15, 0.2) is 41.6 Å². The number of ketones is 1. The average Bonchev–Trinajstić information content (AvgIpc) is 3.42. The Kier molecular flexibility index (Phi) is 7.11. The number of fused-ring (bicyclic) bond motifs is 1. The molecule has 40 heavy (non-hydrogen) atoms. The number of carbonyl (C=O) groups is 2. The van der Waals surface area contributed by atoms with E-state index >= 15 is 0 Å². The number of carboxylic acids is 1. The van der Waals surface area contributed by atoms with Crippen LogP contribution in [0.2, 0.25) is 0 Å². The lowest BCUT2D eigenvalue weighted by Gasteiger charge is -2.39. The van der Waals surface area contributed by atoms with E-state index in [4.69, 9.17) is 9.72 Å². The zero-order valence-electron chi connectivity index (χ0n) is 21.9. The predicted octanol–water partition coefficient (Wildman–Crippen LogP) is 3.66. The highest BCUT2D eigenvalue weighted by Gasteiger charge is 2.34. The van der Waals surface area contributed by atoms with Gasteiger partial charge in [-0.3, -0.25) is 19.1 Å². The van der Waals surface area contributed by atoms with Gasteiger partial charge in [0.05, 0.1) is 17.4 Å². The second-order valence-electron chi connectivity index (χ2n) is 10.3. The molecular weight excluding hydrogens is 532 g/mol. The fourth-order valence-corrected chi connectivity index (χ4v) is 5.95. The highest BCUT2D eigenvalue weighted by Crippen LogP contribution is 2.30. The van der Waals surface area contributed by atoms with Crippen molar-refractivity contribution in [2.45, 2.75) is 45.1 Å². The third-order valence-corrected chi connectivity index (χ3v) is 8.30. The van der Waals surface area contributed by atoms with Crippen LogP contribution in [-0.4, -0.2) is 66.6 Å². The first-order valence-electron chi connectivity index (χ1n) is 13.3. The van der Waals surface area contributed by atoms with Gasteiger partial charge in [0.1, 0.15) is 17.2 Å². The van der Waals surface area contributed by atoms with Crippen LogP contribution in [0, 0.1) is 12.8 Å². The van der Waals surface area contributed by atoms with E-state index in [1.165, 1.54) is 10.8 Å². The first kappa shape index (κ1) is 26.2. The third-order valence-electron chi connectivity index (χ3n) is 7.58. The van der Waals surface area contributed by atoms with E-state index in [1.807, 2.05) is 4.90 Å². The number of rotatable bonds is 8. The fraction of sp³-hybridized carbons (Fsp3) is 0.393. The van der Waals surface area contributed by atoms with Gasteiger partial charge in [0, 0.05) is 61.8 Å². The minimum atomic E-state index is -1.33. The van der Waals surface area contributed by atoms with Gasteiger partial charge in [-0.2, -0.15) is 9.36 Å². The van der Waals surface area contributed by atoms with Crippen LogP contribution in [0.3, 0.4) is 0 Å². The molecule has 0 aliphatic carbocycles. The lowest BCUT2D eigenvalue weighted by atomic mass is 9.90. The Morgan fingerprint density at radius 2 is 1.98 bits per heavy atom. The number of aromatic carboxylic acids is 1. The summed E-state index contributed by atoms with van der Waals surface area (Å²) in [4.78, 5) is 53.3. The Morgan fingerprint density at radius 1 is 1.18 bits per heavy atom. The molecule has 4 aromatic heterocycles. The van der Waals surface area contributed by atoms with E-state index in [-0.39, 0.29) is 28.8 Å². The molecule has 2 aliphatic rings. The van der Waals surface area contributed by atoms with E-state index in [2.05, 4.69) is 14.3 Å². The van der Waals surface area contributed by atoms with E-state index in [9.17, 15) is 19.5 Å². The number of hydrogen-bond donors (Lipinski definition) is 1. The number of aromatic nitrogens is 5. The molecule has 6 rings (SSSR count). The highest BCUT2D eigenvalue weighted by molar-refractivity contribution is 7.08. The normalized spacial score (nSPS) is 17.6. The van der Waals surface area contributed by atoms with Crippen LogP contribution < -0.4 is 10.3 Å². The lowest BCUT2D eigenvalue weighted by molar-refractivity contribution is -0.124. The van der Waals surface area contributed by atoms with Crippen molar-refractivity contribution < 1.29 is 19.4 Å². The highest BCUT2D eigenvalue weighted by atomic mass is 32.1. The molecule has 206 valence electrons. The lowest BCUT2D eigenvalue weighted by Crippen LogP contribution is -2.51. The summed E-state index contributed by atoms with van der Waals surface area (Å²) in [5.74, 6) is -0.0697. The van der Waals surface area contributed by atoms with Crippen molar-refractivity contribution in [3.63, 3.8) is 0 Å². The van der Waals surface area contributed by atoms with Gasteiger partial charge < -0.3 is 14.7 Å². The van der Waals surface area contributed by atoms with Crippen molar-refractivity contribution in [2.24, 2.45) is 5.92 Å². The molecule has 6 heterocycles. The monoisotopic (exact) mass is 560 g/mol. The number of Topliss-reactive ketones (excluding diaryl/α,β-unsaturated/α-hetero) is 1. The Balaban J connectivity index is 1.29. The van der Waals surface area contributed by atoms with E-state index in [0.29, 0.717) is 47.5 Å². The molecule has 2 saturated heterocycles. The van der Waals surface area contributed by atoms with Crippen LogP contribution in [0.1, 0.15) is 48.0 Å². The van der Waals surface area contributed by atoms with Gasteiger partial charge in [-0.15, -0.1) is 0 Å². The van der Waals surface area contributed by atoms with Crippen molar-refractivity contribution in [2.75, 3.05) is 24.6 Å². The molecule has 0 amide bonds. The molecule has 11 nitrogen and oxygen atoms in total. The zero-order valence-corrected chi connectivity index (χ0v) is 22.8. The molecule has 0 aromatic carbocycles. The first-order chi connectivity index (χ1) is 19.4. The maximum absolute atomic E-state index is 13.2. The largest absolute Gasteiger partial charge is 0.477 e. The third kappa shape index (κ3) is 5.00. The van der Waals surface area contributed by atoms with Crippen molar-refractivity contribution >= 4 is 40.1 Å². The SMILES string of the molecule is Cc1cc(N2CC(C(=O)CCC3CCCCO3)C2)nc2c1c(=O)c(C(=O)O)cn2-c1nc(-c2ccncc2)ns1. The van der Waals surface area contributed by atoms with Gasteiger partial charge in [0.2, 0.25) is 10.6 Å². The van der Waals surface area contributed by atoms with Gasteiger partial charge in [-0.1, -0.05) is 0 Å². The van der Waals surface area contributed by atoms with Crippen molar-refractivity contribution in [3.05, 3.63) is 58.1 Å². The molecule has 1 unspecified atom stereocenters. The van der Waals surface area contributed by atoms with Crippen LogP contribution in [0.5, 0.6) is 0 Å². The maximum Gasteiger partial charge on any atom is 0.341 e. The minimum Gasteiger partial charge on any atom is -0.477 e. The van der Waals surface area contributed by atoms with Crippen molar-refractivity contribution in [1.29, 1.82) is 0 Å². The van der Waals surface area contributed by atoms with Crippen LogP contribution in [0.25, 0.3) is 27.6 Å². The first-order valence-corrected chi connectivity index (χ1v) is 14.1. The predicted molar refractivity (Wildman–Crippen MR) is 149 cm³/mol. The number of aryl methyl sites for hydroxylation is 1. The zero-order chi connectivity index (χ0) is 27.8. The summed E-state index contributed by atoms with van der Waals surface area (Å²) in [6.45, 7) is 3.64. The van der Waals surface area contributed by atoms with E-state index in [0.717, 1.165) is 49.4 Å². The number of hydrogen-bond acceptors (Lipinski definition) is 10. The molecule has 0 bridgehead atoms. The van der Waals surface area contributed by atoms with E-state index < -0.39 is 11.4 Å². The van der Waals surface area contributed by atoms with Crippen LogP contribution in [0.4, 0.5) is 5.82 Å². The summed E-state index contributed by atoms with van der Waals surface area (Å²) in [6, 6.07) is 5.34. The summed E-state index contributed by atoms with van der Waals surface area (Å²) < 4.78 is 11.7. The number of anilines is 1. The standard InChI is InChI=1S/C28H28N6O5S/c1-16-12-22(33-13-18(14-33)21(35)6-5-19-4-2-3-11-39-19)30-26-23(16)24(36)20(27(37)38)15-34(26)28-31-25(32-40-28)17-7-9-29-10-8-17/h7-10,12,15,18-19H,2-6,11,13-14H2,1H3,(H,37,38). The minimum absolute atomic E-state index is 0.0657. The fourth-order valence-electron chi connectivity index (χ4n) is 5.28. The summed E-state index contributed by atoms with van der Waals surface area (Å²) in [5, 5.41) is 10.3. The number of pyridine rings is 3. The van der Waals surface area contributed by atoms with Gasteiger partial charge >= 0.3 is 5.97 Å². The van der Waals surface area contributed by atoms with Gasteiger partial charge in [0.15, 0.2) is 11.5 Å². The van der Waals surface area contributed by atoms with Gasteiger partial charge in [-0.25, -0.2) is 9.78 Å². The van der Waals surface area contributed by atoms with Gasteiger partial charge in [0.25, 0.3) is 0 Å². The van der Waals surface area contributed by atoms with Crippen LogP contribution >= 0.6 is 11.5 Å². The molecule has 0 saturated carbocycles. The number of carboxylic acid groups (broad SMARTS) is 1. The average molecular weight is 561 g/mol. The number of nitrogens with zero attached hydrogens (tertiary/aromatic N) is 6. The van der Waals surface area contributed by atoms with Crippen LogP contribution in [-0.2, 0) is 9.53 Å². The molecule has 0 radical (unpaired) electrons. The Morgan fingerprint density at radius 3 is 2.70 bits per heavy atom. The molecule has 2 aliphatic heterocycles. The molecule has 1 N–H and O–H groups in total. The quantitative estimate of drug-likeness (QED) is 0.339. The molecule has 12 heteroatoms. The molecule has 0 spiro atoms. The maximum atomic E-state index is 13.2. The number of ether oxygens (including phenoxy) is 1. The number of carbonyl (C=O) groups excluding carboxylic acids is 1. The molecule has 1 atom stereocenters. The molecular formula is C28H28N6O5S. The second-order valence-corrected chi connectivity index (χ2v) is 11.0.